The molecule has 0 aliphatic rings. The second kappa shape index (κ2) is 7.96. The second-order valence-corrected chi connectivity index (χ2v) is 6.27. The highest BCUT2D eigenvalue weighted by Gasteiger charge is 2.06. The Morgan fingerprint density at radius 1 is 0.913 bits per heavy atom. The third-order valence-corrected chi connectivity index (χ3v) is 4.36. The highest BCUT2D eigenvalue weighted by Crippen LogP contribution is 2.19. The molecule has 2 rings (SSSR count). The Balaban J connectivity index is 1.85. The summed E-state index contributed by atoms with van der Waals surface area (Å²) in [5, 5.41) is 0. The third kappa shape index (κ3) is 4.69. The van der Waals surface area contributed by atoms with E-state index in [1.54, 1.807) is 0 Å². The number of hydrogen-bond acceptors (Lipinski definition) is 2. The molecular formula is C21H26O2. The molecule has 0 fully saturated rings. The van der Waals surface area contributed by atoms with E-state index in [1.165, 1.54) is 41.3 Å². The van der Waals surface area contributed by atoms with Crippen LogP contribution in [0.2, 0.25) is 0 Å². The van der Waals surface area contributed by atoms with Gasteiger partial charge in [-0.15, -0.1) is 0 Å². The first kappa shape index (κ1) is 17.3. The van der Waals surface area contributed by atoms with Crippen LogP contribution < -0.4 is 0 Å². The number of aryl methyl sites for hydroxylation is 4. The molecule has 0 radical (unpaired) electrons. The summed E-state index contributed by atoms with van der Waals surface area (Å²) in [7, 11) is 1.41. The molecule has 0 atom stereocenters. The minimum Gasteiger partial charge on any atom is -0.465 e. The number of unbranched alkanes of at least 4 members (excludes halogenated alkanes) is 1. The number of benzene rings is 2. The van der Waals surface area contributed by atoms with Crippen LogP contribution in [0, 0.1) is 20.8 Å². The van der Waals surface area contributed by atoms with Gasteiger partial charge in [0.2, 0.25) is 0 Å². The normalized spacial score (nSPS) is 10.6. The molecule has 0 aliphatic carbocycles. The quantitative estimate of drug-likeness (QED) is 0.556. The summed E-state index contributed by atoms with van der Waals surface area (Å²) in [6.45, 7) is 6.57. The molecule has 2 heteroatoms. The fraction of sp³-hybridized carbons (Fsp3) is 0.381. The standard InChI is InChI=1S/C21H26O2/c1-15-13-16(2)20(17(3)14-15)8-6-5-7-18-9-11-19(12-10-18)21(22)23-4/h9-14H,5-8H2,1-4H3. The molecule has 2 aromatic carbocycles. The zero-order chi connectivity index (χ0) is 16.8. The Hall–Kier alpha value is -2.09. The van der Waals surface area contributed by atoms with Gasteiger partial charge in [-0.25, -0.2) is 4.79 Å². The van der Waals surface area contributed by atoms with Gasteiger partial charge >= 0.3 is 5.97 Å². The van der Waals surface area contributed by atoms with Crippen molar-refractivity contribution in [3.63, 3.8) is 0 Å². The lowest BCUT2D eigenvalue weighted by Gasteiger charge is -2.11. The summed E-state index contributed by atoms with van der Waals surface area (Å²) in [4.78, 5) is 11.4. The molecule has 0 bridgehead atoms. The first-order valence-corrected chi connectivity index (χ1v) is 8.25. The minimum atomic E-state index is -0.276. The van der Waals surface area contributed by atoms with E-state index in [0.29, 0.717) is 5.56 Å². The molecule has 0 aromatic heterocycles. The van der Waals surface area contributed by atoms with Crippen molar-refractivity contribution < 1.29 is 9.53 Å². The molecule has 0 aliphatic heterocycles. The monoisotopic (exact) mass is 310 g/mol. The predicted molar refractivity (Wildman–Crippen MR) is 95.1 cm³/mol. The van der Waals surface area contributed by atoms with E-state index in [4.69, 9.17) is 4.74 Å². The average Bonchev–Trinajstić information content (AvgIpc) is 2.53. The van der Waals surface area contributed by atoms with Gasteiger partial charge in [0.05, 0.1) is 12.7 Å². The highest BCUT2D eigenvalue weighted by atomic mass is 16.5. The fourth-order valence-corrected chi connectivity index (χ4v) is 3.16. The van der Waals surface area contributed by atoms with E-state index in [-0.39, 0.29) is 5.97 Å². The lowest BCUT2D eigenvalue weighted by atomic mass is 9.95. The van der Waals surface area contributed by atoms with Crippen LogP contribution >= 0.6 is 0 Å². The highest BCUT2D eigenvalue weighted by molar-refractivity contribution is 5.89. The molecular weight excluding hydrogens is 284 g/mol. The molecule has 0 unspecified atom stereocenters. The Labute approximate surface area is 139 Å². The van der Waals surface area contributed by atoms with Gasteiger partial charge in [0.1, 0.15) is 0 Å². The summed E-state index contributed by atoms with van der Waals surface area (Å²) in [6.07, 6.45) is 4.53. The smallest absolute Gasteiger partial charge is 0.337 e. The number of carbonyl (C=O) groups excluding carboxylic acids is 1. The zero-order valence-electron chi connectivity index (χ0n) is 14.6. The SMILES string of the molecule is COC(=O)c1ccc(CCCCc2c(C)cc(C)cc2C)cc1. The minimum absolute atomic E-state index is 0.276. The van der Waals surface area contributed by atoms with Gasteiger partial charge < -0.3 is 4.74 Å². The largest absolute Gasteiger partial charge is 0.465 e. The summed E-state index contributed by atoms with van der Waals surface area (Å²) >= 11 is 0. The van der Waals surface area contributed by atoms with Gasteiger partial charge in [0.15, 0.2) is 0 Å². The molecule has 0 amide bonds. The summed E-state index contributed by atoms with van der Waals surface area (Å²) in [6, 6.07) is 12.3. The van der Waals surface area contributed by atoms with Gasteiger partial charge in [-0.3, -0.25) is 0 Å². The Morgan fingerprint density at radius 2 is 1.48 bits per heavy atom. The van der Waals surface area contributed by atoms with Crippen molar-refractivity contribution in [2.75, 3.05) is 7.11 Å². The van der Waals surface area contributed by atoms with Crippen LogP contribution in [0.25, 0.3) is 0 Å². The first-order valence-electron chi connectivity index (χ1n) is 8.25. The summed E-state index contributed by atoms with van der Waals surface area (Å²) < 4.78 is 4.72. The van der Waals surface area contributed by atoms with Gasteiger partial charge in [-0.2, -0.15) is 0 Å². The number of hydrogen-bond donors (Lipinski definition) is 0. The maximum atomic E-state index is 11.4. The van der Waals surface area contributed by atoms with Crippen molar-refractivity contribution in [2.24, 2.45) is 0 Å². The third-order valence-electron chi connectivity index (χ3n) is 4.36. The van der Waals surface area contributed by atoms with Crippen molar-refractivity contribution >= 4 is 5.97 Å². The van der Waals surface area contributed by atoms with Gasteiger partial charge in [-0.1, -0.05) is 29.8 Å². The van der Waals surface area contributed by atoms with E-state index < -0.39 is 0 Å². The Bertz CT molecular complexity index is 646. The molecule has 2 aromatic rings. The molecule has 2 nitrogen and oxygen atoms in total. The maximum absolute atomic E-state index is 11.4. The van der Waals surface area contributed by atoms with Crippen LogP contribution in [0.3, 0.4) is 0 Å². The Kier molecular flexibility index (Phi) is 5.97. The van der Waals surface area contributed by atoms with Crippen molar-refractivity contribution in [3.8, 4) is 0 Å². The topological polar surface area (TPSA) is 26.3 Å². The number of methoxy groups -OCH3 is 1. The fourth-order valence-electron chi connectivity index (χ4n) is 3.16. The van der Waals surface area contributed by atoms with Crippen LogP contribution in [0.15, 0.2) is 36.4 Å². The van der Waals surface area contributed by atoms with Crippen molar-refractivity contribution in [1.29, 1.82) is 0 Å². The zero-order valence-corrected chi connectivity index (χ0v) is 14.6. The van der Waals surface area contributed by atoms with E-state index >= 15 is 0 Å². The second-order valence-electron chi connectivity index (χ2n) is 6.27. The van der Waals surface area contributed by atoms with Crippen LogP contribution in [-0.4, -0.2) is 13.1 Å². The lowest BCUT2D eigenvalue weighted by Crippen LogP contribution is -2.01. The van der Waals surface area contributed by atoms with Crippen molar-refractivity contribution in [3.05, 3.63) is 69.8 Å². The van der Waals surface area contributed by atoms with Crippen LogP contribution in [0.4, 0.5) is 0 Å². The van der Waals surface area contributed by atoms with Gasteiger partial charge in [-0.05, 0) is 80.8 Å². The molecule has 0 spiro atoms. The average molecular weight is 310 g/mol. The van der Waals surface area contributed by atoms with E-state index in [9.17, 15) is 4.79 Å². The van der Waals surface area contributed by atoms with Crippen molar-refractivity contribution in [2.45, 2.75) is 46.5 Å². The molecule has 0 N–H and O–H groups in total. The van der Waals surface area contributed by atoms with E-state index in [1.807, 2.05) is 24.3 Å². The molecule has 0 saturated carbocycles. The number of ether oxygens (including phenoxy) is 1. The number of rotatable bonds is 6. The molecule has 0 saturated heterocycles. The first-order chi connectivity index (χ1) is 11.0. The van der Waals surface area contributed by atoms with Crippen LogP contribution in [0.5, 0.6) is 0 Å². The van der Waals surface area contributed by atoms with Crippen LogP contribution in [-0.2, 0) is 17.6 Å². The predicted octanol–water partition coefficient (Wildman–Crippen LogP) is 4.96. The van der Waals surface area contributed by atoms with E-state index in [0.717, 1.165) is 19.3 Å². The van der Waals surface area contributed by atoms with Crippen molar-refractivity contribution in [1.82, 2.24) is 0 Å². The summed E-state index contributed by atoms with van der Waals surface area (Å²) in [5.41, 5.74) is 7.54. The van der Waals surface area contributed by atoms with E-state index in [2.05, 4.69) is 32.9 Å². The molecule has 0 heterocycles. The van der Waals surface area contributed by atoms with Gasteiger partial charge in [0.25, 0.3) is 0 Å². The molecule has 23 heavy (non-hydrogen) atoms. The summed E-state index contributed by atoms with van der Waals surface area (Å²) in [5.74, 6) is -0.276. The molecule has 122 valence electrons. The maximum Gasteiger partial charge on any atom is 0.337 e. The van der Waals surface area contributed by atoms with Crippen LogP contribution in [0.1, 0.15) is 51.0 Å². The number of esters is 1. The lowest BCUT2D eigenvalue weighted by molar-refractivity contribution is 0.0600. The number of carbonyl (C=O) groups is 1. The Morgan fingerprint density at radius 3 is 2.04 bits per heavy atom. The van der Waals surface area contributed by atoms with Gasteiger partial charge in [0, 0.05) is 0 Å².